The molecule has 7 nitrogen and oxygen atoms in total. The maximum Gasteiger partial charge on any atom is 0.340 e. The minimum Gasteiger partial charge on any atom is -0.459 e. The van der Waals surface area contributed by atoms with Crippen molar-refractivity contribution in [3.8, 4) is 0 Å². The van der Waals surface area contributed by atoms with Gasteiger partial charge in [0.1, 0.15) is 17.6 Å². The maximum absolute atomic E-state index is 13.1. The van der Waals surface area contributed by atoms with Gasteiger partial charge < -0.3 is 19.6 Å². The van der Waals surface area contributed by atoms with Crippen LogP contribution in [0.4, 0.5) is 0 Å². The lowest BCUT2D eigenvalue weighted by Crippen LogP contribution is -2.31. The molecule has 0 radical (unpaired) electrons. The second-order valence-electron chi connectivity index (χ2n) is 7.29. The van der Waals surface area contributed by atoms with E-state index in [4.69, 9.17) is 4.74 Å². The molecule has 0 fully saturated rings. The molecule has 0 aliphatic rings. The summed E-state index contributed by atoms with van der Waals surface area (Å²) in [6, 6.07) is 9.21. The number of rotatable bonds is 6. The Morgan fingerprint density at radius 3 is 2.45 bits per heavy atom. The first-order chi connectivity index (χ1) is 13.8. The van der Waals surface area contributed by atoms with Gasteiger partial charge in [0.25, 0.3) is 5.91 Å². The molecule has 0 saturated heterocycles. The van der Waals surface area contributed by atoms with Gasteiger partial charge in [-0.25, -0.2) is 9.78 Å². The molecule has 2 N–H and O–H groups in total. The lowest BCUT2D eigenvalue weighted by molar-refractivity contribution is 0.0376. The molecule has 29 heavy (non-hydrogen) atoms. The van der Waals surface area contributed by atoms with E-state index in [0.717, 1.165) is 5.56 Å². The fourth-order valence-corrected chi connectivity index (χ4v) is 3.36. The first-order valence-corrected chi connectivity index (χ1v) is 9.52. The van der Waals surface area contributed by atoms with Crippen LogP contribution in [0.5, 0.6) is 0 Å². The van der Waals surface area contributed by atoms with Gasteiger partial charge in [-0.3, -0.25) is 4.79 Å². The van der Waals surface area contributed by atoms with Gasteiger partial charge in [0.15, 0.2) is 0 Å². The van der Waals surface area contributed by atoms with E-state index >= 15 is 0 Å². The smallest absolute Gasteiger partial charge is 0.340 e. The number of benzene rings is 1. The number of carbonyl (C=O) groups excluding carboxylic acids is 2. The molecule has 2 heterocycles. The van der Waals surface area contributed by atoms with Crippen molar-refractivity contribution < 1.29 is 14.3 Å². The Morgan fingerprint density at radius 1 is 1.17 bits per heavy atom. The minimum absolute atomic E-state index is 0.237. The second kappa shape index (κ2) is 8.34. The number of aryl methyl sites for hydroxylation is 2. The summed E-state index contributed by atoms with van der Waals surface area (Å²) in [6.45, 7) is 7.09. The van der Waals surface area contributed by atoms with Gasteiger partial charge in [0.2, 0.25) is 0 Å². The number of nitrogens with zero attached hydrogens (tertiary/aromatic N) is 2. The zero-order valence-electron chi connectivity index (χ0n) is 17.3. The normalized spacial score (nSPS) is 12.1. The standard InChI is InChI=1S/C22H26N4O3/c1-13(2)29-22(28)17-14(3)18(24-15(17)4)21(27)25-19(16-9-7-6-8-10-16)20-23-11-12-26(20)5/h6-13,19,24H,1-5H3,(H,25,27). The lowest BCUT2D eigenvalue weighted by Gasteiger charge is -2.19. The highest BCUT2D eigenvalue weighted by Gasteiger charge is 2.27. The van der Waals surface area contributed by atoms with Crippen LogP contribution in [0.1, 0.15) is 63.4 Å². The predicted octanol–water partition coefficient (Wildman–Crippen LogP) is 3.45. The van der Waals surface area contributed by atoms with Gasteiger partial charge in [-0.15, -0.1) is 0 Å². The van der Waals surface area contributed by atoms with Crippen LogP contribution in [0.25, 0.3) is 0 Å². The zero-order chi connectivity index (χ0) is 21.1. The number of imidazole rings is 1. The number of hydrogen-bond donors (Lipinski definition) is 2. The predicted molar refractivity (Wildman–Crippen MR) is 110 cm³/mol. The first-order valence-electron chi connectivity index (χ1n) is 9.52. The van der Waals surface area contributed by atoms with Crippen LogP contribution in [0.3, 0.4) is 0 Å². The lowest BCUT2D eigenvalue weighted by atomic mass is 10.1. The monoisotopic (exact) mass is 394 g/mol. The fraction of sp³-hybridized carbons (Fsp3) is 0.318. The minimum atomic E-state index is -0.436. The molecule has 152 valence electrons. The number of amides is 1. The topological polar surface area (TPSA) is 89.0 Å². The Balaban J connectivity index is 1.93. The number of ether oxygens (including phenoxy) is 1. The van der Waals surface area contributed by atoms with Crippen LogP contribution in [-0.4, -0.2) is 32.5 Å². The number of carbonyl (C=O) groups is 2. The van der Waals surface area contributed by atoms with E-state index in [1.807, 2.05) is 48.1 Å². The highest BCUT2D eigenvalue weighted by atomic mass is 16.5. The van der Waals surface area contributed by atoms with Gasteiger partial charge >= 0.3 is 5.97 Å². The van der Waals surface area contributed by atoms with Gasteiger partial charge in [-0.2, -0.15) is 0 Å². The van der Waals surface area contributed by atoms with E-state index < -0.39 is 12.0 Å². The van der Waals surface area contributed by atoms with Crippen molar-refractivity contribution in [1.29, 1.82) is 0 Å². The molecule has 0 aliphatic heterocycles. The van der Waals surface area contributed by atoms with Gasteiger partial charge in [-0.05, 0) is 38.8 Å². The van der Waals surface area contributed by atoms with E-state index in [1.54, 1.807) is 33.9 Å². The Labute approximate surface area is 170 Å². The summed E-state index contributed by atoms with van der Waals surface area (Å²) >= 11 is 0. The van der Waals surface area contributed by atoms with Crippen LogP contribution >= 0.6 is 0 Å². The van der Waals surface area contributed by atoms with Crippen molar-refractivity contribution in [3.05, 3.63) is 76.6 Å². The van der Waals surface area contributed by atoms with Gasteiger partial charge in [0.05, 0.1) is 11.7 Å². The van der Waals surface area contributed by atoms with E-state index in [1.165, 1.54) is 0 Å². The molecule has 1 aromatic carbocycles. The van der Waals surface area contributed by atoms with E-state index in [2.05, 4.69) is 15.3 Å². The Kier molecular flexibility index (Phi) is 5.87. The molecule has 3 rings (SSSR count). The molecule has 3 aromatic rings. The third-order valence-electron chi connectivity index (χ3n) is 4.74. The Hall–Kier alpha value is -3.35. The van der Waals surface area contributed by atoms with Gasteiger partial charge in [0, 0.05) is 25.1 Å². The summed E-state index contributed by atoms with van der Waals surface area (Å²) in [5, 5.41) is 3.05. The van der Waals surface area contributed by atoms with Gasteiger partial charge in [-0.1, -0.05) is 30.3 Å². The SMILES string of the molecule is Cc1[nH]c(C(=O)NC(c2ccccc2)c2nccn2C)c(C)c1C(=O)OC(C)C. The maximum atomic E-state index is 13.1. The van der Waals surface area contributed by atoms with Crippen molar-refractivity contribution in [2.45, 2.75) is 39.8 Å². The summed E-state index contributed by atoms with van der Waals surface area (Å²) in [4.78, 5) is 33.0. The molecule has 1 atom stereocenters. The van der Waals surface area contributed by atoms with Crippen molar-refractivity contribution in [1.82, 2.24) is 19.9 Å². The molecule has 0 bridgehead atoms. The van der Waals surface area contributed by atoms with E-state index in [0.29, 0.717) is 28.3 Å². The Bertz CT molecular complexity index is 1020. The summed E-state index contributed by atoms with van der Waals surface area (Å²) in [5.74, 6) is -0.0371. The van der Waals surface area contributed by atoms with E-state index in [9.17, 15) is 9.59 Å². The summed E-state index contributed by atoms with van der Waals surface area (Å²) in [7, 11) is 1.88. The molecule has 0 spiro atoms. The summed E-state index contributed by atoms with van der Waals surface area (Å²) in [6.07, 6.45) is 3.29. The van der Waals surface area contributed by atoms with Crippen LogP contribution in [0.15, 0.2) is 42.7 Å². The average Bonchev–Trinajstić information content (AvgIpc) is 3.22. The number of aromatic nitrogens is 3. The molecular formula is C22H26N4O3. The first kappa shape index (κ1) is 20.4. The van der Waals surface area contributed by atoms with Crippen LogP contribution in [-0.2, 0) is 11.8 Å². The molecule has 1 unspecified atom stereocenters. The van der Waals surface area contributed by atoms with Crippen LogP contribution in [0.2, 0.25) is 0 Å². The quantitative estimate of drug-likeness (QED) is 0.627. The van der Waals surface area contributed by atoms with Crippen LogP contribution < -0.4 is 5.32 Å². The number of H-pyrrole nitrogens is 1. The van der Waals surface area contributed by atoms with Crippen molar-refractivity contribution in [3.63, 3.8) is 0 Å². The molecular weight excluding hydrogens is 368 g/mol. The van der Waals surface area contributed by atoms with E-state index in [-0.39, 0.29) is 12.0 Å². The summed E-state index contributed by atoms with van der Waals surface area (Å²) in [5.41, 5.74) is 2.82. The highest BCUT2D eigenvalue weighted by molar-refractivity contribution is 6.00. The molecule has 7 heteroatoms. The number of hydrogen-bond acceptors (Lipinski definition) is 4. The molecule has 0 saturated carbocycles. The third kappa shape index (κ3) is 4.23. The zero-order valence-corrected chi connectivity index (χ0v) is 17.3. The fourth-order valence-electron chi connectivity index (χ4n) is 3.36. The van der Waals surface area contributed by atoms with Crippen molar-refractivity contribution >= 4 is 11.9 Å². The van der Waals surface area contributed by atoms with Crippen molar-refractivity contribution in [2.75, 3.05) is 0 Å². The number of aromatic amines is 1. The largest absolute Gasteiger partial charge is 0.459 e. The highest BCUT2D eigenvalue weighted by Crippen LogP contribution is 2.23. The Morgan fingerprint density at radius 2 is 1.86 bits per heavy atom. The average molecular weight is 394 g/mol. The number of esters is 1. The van der Waals surface area contributed by atoms with Crippen molar-refractivity contribution in [2.24, 2.45) is 7.05 Å². The van der Waals surface area contributed by atoms with Crippen LogP contribution in [0, 0.1) is 13.8 Å². The summed E-state index contributed by atoms with van der Waals surface area (Å²) < 4.78 is 7.18. The second-order valence-corrected chi connectivity index (χ2v) is 7.29. The molecule has 2 aromatic heterocycles. The number of nitrogens with one attached hydrogen (secondary N) is 2. The molecule has 0 aliphatic carbocycles. The molecule has 1 amide bonds. The third-order valence-corrected chi connectivity index (χ3v) is 4.74.